The molecule has 7 aliphatic carbocycles. The number of hydrogen-bond acceptors (Lipinski definition) is 3. The van der Waals surface area contributed by atoms with Crippen molar-refractivity contribution in [2.75, 3.05) is 9.80 Å². The van der Waals surface area contributed by atoms with Crippen molar-refractivity contribution in [1.29, 1.82) is 0 Å². The third kappa shape index (κ3) is 4.15. The monoisotopic (exact) mass is 744 g/mol. The average molecular weight is 745 g/mol. The van der Waals surface area contributed by atoms with Crippen molar-refractivity contribution < 1.29 is 0 Å². The number of aryl methyl sites for hydroxylation is 6. The lowest BCUT2D eigenvalue weighted by atomic mass is 9.35. The number of hydrogen-bond donors (Lipinski definition) is 0. The highest BCUT2D eigenvalue weighted by atomic mass is 32.1. The molecule has 0 saturated heterocycles. The number of benzene rings is 5. The number of anilines is 6. The second-order valence-electron chi connectivity index (χ2n) is 20.6. The molecular formula is C52H49BN2S. The Labute approximate surface area is 336 Å². The molecule has 0 radical (unpaired) electrons. The van der Waals surface area contributed by atoms with Crippen LogP contribution in [-0.2, 0) is 49.4 Å². The van der Waals surface area contributed by atoms with E-state index in [1.54, 1.807) is 33.4 Å². The molecule has 0 spiro atoms. The molecule has 0 N–H and O–H groups in total. The minimum Gasteiger partial charge on any atom is -0.311 e. The number of nitrogens with zero attached hydrogens (tertiary/aromatic N) is 2. The van der Waals surface area contributed by atoms with Gasteiger partial charge >= 0.3 is 0 Å². The molecule has 0 amide bonds. The summed E-state index contributed by atoms with van der Waals surface area (Å²) >= 11 is 2.07. The van der Waals surface area contributed by atoms with Gasteiger partial charge < -0.3 is 9.80 Å². The summed E-state index contributed by atoms with van der Waals surface area (Å²) in [5, 5.41) is 1.43. The molecule has 4 fully saturated rings. The molecule has 0 unspecified atom stereocenters. The van der Waals surface area contributed by atoms with E-state index in [1.165, 1.54) is 148 Å². The standard InChI is InChI=1S/C52H49BN2S/c1-51(2,3)38-12-15-47-42(23-38)49-50(56-47)53-43-21-36-8-9-37(36)22-44(43)54(40-13-10-32-4-6-34(32)19-40)45-24-39(52-26-29-16-30(27-52)18-31(17-29)28-52)25-46(48(45)53)55(49)41-14-11-33-5-7-35(33)20-41/h10-15,19-25,29-31H,4-9,16-18,26-28H2,1-3H3. The van der Waals surface area contributed by atoms with Crippen molar-refractivity contribution in [3.63, 3.8) is 0 Å². The zero-order chi connectivity index (χ0) is 36.8. The average Bonchev–Trinajstić information content (AvgIpc) is 3.51. The van der Waals surface area contributed by atoms with Crippen LogP contribution in [0.15, 0.2) is 78.9 Å². The van der Waals surface area contributed by atoms with Gasteiger partial charge in [0, 0.05) is 43.3 Å². The second-order valence-corrected chi connectivity index (χ2v) is 21.7. The first-order valence-electron chi connectivity index (χ1n) is 22.0. The van der Waals surface area contributed by atoms with Crippen LogP contribution in [0.25, 0.3) is 10.1 Å². The van der Waals surface area contributed by atoms with E-state index in [-0.39, 0.29) is 17.5 Å². The van der Waals surface area contributed by atoms with Gasteiger partial charge in [0.1, 0.15) is 0 Å². The molecule has 4 saturated carbocycles. The molecular weight excluding hydrogens is 695 g/mol. The molecule has 56 heavy (non-hydrogen) atoms. The van der Waals surface area contributed by atoms with Crippen molar-refractivity contribution in [3.05, 3.63) is 123 Å². The molecule has 5 aromatic carbocycles. The second kappa shape index (κ2) is 10.6. The molecule has 1 aromatic heterocycles. The Morgan fingerprint density at radius 1 is 0.589 bits per heavy atom. The van der Waals surface area contributed by atoms with E-state index in [1.807, 2.05) is 0 Å². The molecule has 2 aliphatic heterocycles. The first-order chi connectivity index (χ1) is 27.2. The van der Waals surface area contributed by atoms with Crippen molar-refractivity contribution in [1.82, 2.24) is 0 Å². The Morgan fingerprint density at radius 3 is 1.75 bits per heavy atom. The molecule has 2 nitrogen and oxygen atoms in total. The smallest absolute Gasteiger partial charge is 0.264 e. The van der Waals surface area contributed by atoms with Crippen LogP contribution in [0.2, 0.25) is 0 Å². The van der Waals surface area contributed by atoms with E-state index in [9.17, 15) is 0 Å². The molecule has 9 aliphatic rings. The molecule has 15 rings (SSSR count). The summed E-state index contributed by atoms with van der Waals surface area (Å²) in [7, 11) is 0. The van der Waals surface area contributed by atoms with Gasteiger partial charge in [-0.2, -0.15) is 0 Å². The van der Waals surface area contributed by atoms with Gasteiger partial charge in [0.2, 0.25) is 0 Å². The van der Waals surface area contributed by atoms with Crippen LogP contribution in [0.3, 0.4) is 0 Å². The highest BCUT2D eigenvalue weighted by Crippen LogP contribution is 2.62. The SMILES string of the molecule is CC(C)(C)c1ccc2sc3c(c2c1)N(c1ccc2c(c1)CC2)c1cc(C24CC5CC(CC(C5)C2)C4)cc2c1B3c1cc3c(cc1N2c1ccc2c(c1)CC2)CC3. The fourth-order valence-corrected chi connectivity index (χ4v) is 14.9. The fourth-order valence-electron chi connectivity index (χ4n) is 13.6. The Kier molecular flexibility index (Phi) is 6.02. The summed E-state index contributed by atoms with van der Waals surface area (Å²) in [5.74, 6) is 2.70. The molecule has 3 heterocycles. The Hall–Kier alpha value is -4.28. The van der Waals surface area contributed by atoms with Crippen LogP contribution in [0.4, 0.5) is 34.1 Å². The minimum atomic E-state index is 0.0755. The van der Waals surface area contributed by atoms with Gasteiger partial charge in [-0.05, 0) is 216 Å². The van der Waals surface area contributed by atoms with Crippen LogP contribution in [0, 0.1) is 17.8 Å². The third-order valence-corrected chi connectivity index (χ3v) is 17.6. The number of fused-ring (bicyclic) bond motifs is 9. The lowest BCUT2D eigenvalue weighted by molar-refractivity contribution is -0.00514. The summed E-state index contributed by atoms with van der Waals surface area (Å²) < 4.78 is 2.95. The Bertz CT molecular complexity index is 2730. The maximum absolute atomic E-state index is 2.79. The van der Waals surface area contributed by atoms with Crippen LogP contribution in [-0.4, -0.2) is 6.71 Å². The van der Waals surface area contributed by atoms with Crippen molar-refractivity contribution in [2.45, 2.75) is 109 Å². The van der Waals surface area contributed by atoms with E-state index in [4.69, 9.17) is 0 Å². The minimum absolute atomic E-state index is 0.0755. The zero-order valence-corrected chi connectivity index (χ0v) is 33.9. The quantitative estimate of drug-likeness (QED) is 0.166. The summed E-state index contributed by atoms with van der Waals surface area (Å²) in [4.78, 5) is 5.55. The highest BCUT2D eigenvalue weighted by Gasteiger charge is 2.53. The van der Waals surface area contributed by atoms with Gasteiger partial charge in [0.05, 0.1) is 5.69 Å². The lowest BCUT2D eigenvalue weighted by Crippen LogP contribution is -2.61. The summed E-state index contributed by atoms with van der Waals surface area (Å²) in [6.45, 7) is 7.34. The van der Waals surface area contributed by atoms with Crippen molar-refractivity contribution in [2.24, 2.45) is 17.8 Å². The van der Waals surface area contributed by atoms with E-state index in [0.29, 0.717) is 0 Å². The predicted molar refractivity (Wildman–Crippen MR) is 237 cm³/mol. The van der Waals surface area contributed by atoms with Gasteiger partial charge in [-0.3, -0.25) is 0 Å². The largest absolute Gasteiger partial charge is 0.311 e. The first-order valence-corrected chi connectivity index (χ1v) is 22.8. The van der Waals surface area contributed by atoms with Gasteiger partial charge in [-0.15, -0.1) is 11.3 Å². The summed E-state index contributed by atoms with van der Waals surface area (Å²) in [6.07, 6.45) is 15.8. The Balaban J connectivity index is 1.11. The molecule has 4 heteroatoms. The molecule has 6 aromatic rings. The lowest BCUT2D eigenvalue weighted by Gasteiger charge is -2.57. The number of thiophene rings is 1. The van der Waals surface area contributed by atoms with E-state index in [0.717, 1.165) is 17.8 Å². The summed E-state index contributed by atoms with van der Waals surface area (Å²) in [6, 6.07) is 33.2. The van der Waals surface area contributed by atoms with Crippen LogP contribution in [0.1, 0.15) is 104 Å². The van der Waals surface area contributed by atoms with Gasteiger partial charge in [-0.1, -0.05) is 45.0 Å². The van der Waals surface area contributed by atoms with Gasteiger partial charge in [0.25, 0.3) is 6.71 Å². The molecule has 0 atom stereocenters. The van der Waals surface area contributed by atoms with E-state index in [2.05, 4.69) is 121 Å². The van der Waals surface area contributed by atoms with Crippen LogP contribution < -0.4 is 25.5 Å². The van der Waals surface area contributed by atoms with Crippen molar-refractivity contribution >= 4 is 78.0 Å². The Morgan fingerprint density at radius 2 is 1.16 bits per heavy atom. The van der Waals surface area contributed by atoms with E-state index >= 15 is 0 Å². The third-order valence-electron chi connectivity index (χ3n) is 16.4. The van der Waals surface area contributed by atoms with Crippen molar-refractivity contribution in [3.8, 4) is 0 Å². The van der Waals surface area contributed by atoms with Crippen LogP contribution in [0.5, 0.6) is 0 Å². The fraction of sp³-hybridized carbons (Fsp3) is 0.385. The molecule has 276 valence electrons. The number of rotatable bonds is 3. The maximum Gasteiger partial charge on any atom is 0.264 e. The van der Waals surface area contributed by atoms with Crippen LogP contribution >= 0.6 is 11.3 Å². The summed E-state index contributed by atoms with van der Waals surface area (Å²) in [5.41, 5.74) is 24.3. The normalized spacial score (nSPS) is 25.4. The maximum atomic E-state index is 2.79. The van der Waals surface area contributed by atoms with Gasteiger partial charge in [0.15, 0.2) is 0 Å². The van der Waals surface area contributed by atoms with E-state index < -0.39 is 0 Å². The zero-order valence-electron chi connectivity index (χ0n) is 33.1. The predicted octanol–water partition coefficient (Wildman–Crippen LogP) is 11.0. The first kappa shape index (κ1) is 31.8. The van der Waals surface area contributed by atoms with Gasteiger partial charge in [-0.25, -0.2) is 0 Å². The highest BCUT2D eigenvalue weighted by molar-refractivity contribution is 7.33. The molecule has 4 bridgehead atoms. The topological polar surface area (TPSA) is 6.48 Å².